The maximum atomic E-state index is 4.43. The second kappa shape index (κ2) is 8.86. The lowest BCUT2D eigenvalue weighted by Gasteiger charge is -2.31. The summed E-state index contributed by atoms with van der Waals surface area (Å²) in [6.07, 6.45) is 5.76. The molecule has 23 heavy (non-hydrogen) atoms. The summed E-state index contributed by atoms with van der Waals surface area (Å²) in [7, 11) is 1.85. The number of fused-ring (bicyclic) bond motifs is 1. The zero-order valence-corrected chi connectivity index (χ0v) is 15.7. The van der Waals surface area contributed by atoms with Crippen LogP contribution in [0, 0.1) is 0 Å². The fourth-order valence-electron chi connectivity index (χ4n) is 2.87. The highest BCUT2D eigenvalue weighted by atomic mass is 127. The van der Waals surface area contributed by atoms with Crippen LogP contribution in [0.15, 0.2) is 53.8 Å². The number of benzene rings is 1. The number of pyridine rings is 1. The summed E-state index contributed by atoms with van der Waals surface area (Å²) < 4.78 is 0. The van der Waals surface area contributed by atoms with Gasteiger partial charge in [-0.25, -0.2) is 0 Å². The molecular weight excluding hydrogens is 399 g/mol. The number of guanidine groups is 1. The molecule has 122 valence electrons. The van der Waals surface area contributed by atoms with Crippen molar-refractivity contribution < 1.29 is 0 Å². The Morgan fingerprint density at radius 2 is 2.04 bits per heavy atom. The van der Waals surface area contributed by atoms with E-state index in [1.54, 1.807) is 6.20 Å². The van der Waals surface area contributed by atoms with Crippen LogP contribution in [0.25, 0.3) is 0 Å². The van der Waals surface area contributed by atoms with Crippen molar-refractivity contribution in [2.24, 2.45) is 4.99 Å². The van der Waals surface area contributed by atoms with Gasteiger partial charge in [0.05, 0.1) is 0 Å². The van der Waals surface area contributed by atoms with Gasteiger partial charge in [0.2, 0.25) is 0 Å². The van der Waals surface area contributed by atoms with E-state index in [9.17, 15) is 0 Å². The average Bonchev–Trinajstić information content (AvgIpc) is 2.59. The van der Waals surface area contributed by atoms with E-state index in [0.717, 1.165) is 38.4 Å². The van der Waals surface area contributed by atoms with Gasteiger partial charge in [0, 0.05) is 39.1 Å². The lowest BCUT2D eigenvalue weighted by Crippen LogP contribution is -2.44. The summed E-state index contributed by atoms with van der Waals surface area (Å²) in [6.45, 7) is 2.82. The molecule has 1 aliphatic rings. The summed E-state index contributed by atoms with van der Waals surface area (Å²) in [5.41, 5.74) is 4.11. The summed E-state index contributed by atoms with van der Waals surface area (Å²) in [5.74, 6) is 0.985. The third-order valence-electron chi connectivity index (χ3n) is 4.06. The van der Waals surface area contributed by atoms with Crippen LogP contribution in [0.1, 0.15) is 16.7 Å². The summed E-state index contributed by atoms with van der Waals surface area (Å²) in [5, 5.41) is 3.47. The molecule has 0 spiro atoms. The Kier molecular flexibility index (Phi) is 6.83. The number of rotatable bonds is 3. The van der Waals surface area contributed by atoms with Crippen LogP contribution < -0.4 is 5.32 Å². The first-order valence-corrected chi connectivity index (χ1v) is 7.78. The van der Waals surface area contributed by atoms with Gasteiger partial charge in [0.25, 0.3) is 0 Å². The molecule has 1 aromatic carbocycles. The number of aromatic nitrogens is 1. The minimum Gasteiger partial charge on any atom is -0.356 e. The highest BCUT2D eigenvalue weighted by molar-refractivity contribution is 14.0. The summed E-state index contributed by atoms with van der Waals surface area (Å²) in [4.78, 5) is 10.9. The number of hydrogen-bond donors (Lipinski definition) is 1. The zero-order chi connectivity index (χ0) is 15.2. The molecule has 0 atom stereocenters. The van der Waals surface area contributed by atoms with Crippen LogP contribution in [-0.4, -0.2) is 36.0 Å². The van der Waals surface area contributed by atoms with Crippen molar-refractivity contribution in [1.29, 1.82) is 0 Å². The maximum absolute atomic E-state index is 4.43. The molecule has 4 nitrogen and oxygen atoms in total. The maximum Gasteiger partial charge on any atom is 0.193 e. The highest BCUT2D eigenvalue weighted by Gasteiger charge is 2.18. The Bertz CT molecular complexity index is 642. The molecule has 0 amide bonds. The van der Waals surface area contributed by atoms with E-state index in [2.05, 4.69) is 50.5 Å². The van der Waals surface area contributed by atoms with Crippen LogP contribution in [-0.2, 0) is 19.4 Å². The first kappa shape index (κ1) is 17.7. The van der Waals surface area contributed by atoms with E-state index in [0.29, 0.717) is 0 Å². The molecule has 2 heterocycles. The molecule has 1 aromatic heterocycles. The fourth-order valence-corrected chi connectivity index (χ4v) is 2.87. The van der Waals surface area contributed by atoms with Crippen LogP contribution in [0.2, 0.25) is 0 Å². The molecular formula is C18H23IN4. The number of nitrogens with one attached hydrogen (secondary N) is 1. The van der Waals surface area contributed by atoms with Crippen LogP contribution >= 0.6 is 24.0 Å². The van der Waals surface area contributed by atoms with Crippen molar-refractivity contribution in [2.75, 3.05) is 20.1 Å². The molecule has 3 rings (SSSR count). The topological polar surface area (TPSA) is 40.5 Å². The normalized spacial score (nSPS) is 14.0. The van der Waals surface area contributed by atoms with Gasteiger partial charge < -0.3 is 10.2 Å². The smallest absolute Gasteiger partial charge is 0.193 e. The van der Waals surface area contributed by atoms with Crippen LogP contribution in [0.5, 0.6) is 0 Å². The molecule has 0 saturated heterocycles. The third kappa shape index (κ3) is 4.67. The first-order chi connectivity index (χ1) is 10.9. The van der Waals surface area contributed by atoms with Crippen molar-refractivity contribution in [3.63, 3.8) is 0 Å². The average molecular weight is 422 g/mol. The van der Waals surface area contributed by atoms with E-state index in [4.69, 9.17) is 0 Å². The van der Waals surface area contributed by atoms with E-state index >= 15 is 0 Å². The van der Waals surface area contributed by atoms with Gasteiger partial charge in [-0.1, -0.05) is 30.3 Å². The van der Waals surface area contributed by atoms with Gasteiger partial charge in [-0.2, -0.15) is 0 Å². The van der Waals surface area contributed by atoms with E-state index in [-0.39, 0.29) is 24.0 Å². The van der Waals surface area contributed by atoms with Crippen molar-refractivity contribution in [3.8, 4) is 0 Å². The largest absolute Gasteiger partial charge is 0.356 e. The number of nitrogens with zero attached hydrogens (tertiary/aromatic N) is 3. The number of halogens is 1. The standard InChI is InChI=1S/C18H22N4.HI/c1-19-18(21-11-8-15-5-4-10-20-13-15)22-12-9-16-6-2-3-7-17(16)14-22;/h2-7,10,13H,8-9,11-12,14H2,1H3,(H,19,21);1H. The van der Waals surface area contributed by atoms with E-state index in [1.165, 1.54) is 16.7 Å². The quantitative estimate of drug-likeness (QED) is 0.470. The van der Waals surface area contributed by atoms with Gasteiger partial charge in [0.15, 0.2) is 5.96 Å². The minimum atomic E-state index is 0. The molecule has 0 radical (unpaired) electrons. The molecule has 0 saturated carbocycles. The molecule has 0 bridgehead atoms. The monoisotopic (exact) mass is 422 g/mol. The van der Waals surface area contributed by atoms with Crippen molar-refractivity contribution in [3.05, 3.63) is 65.5 Å². The predicted molar refractivity (Wildman–Crippen MR) is 105 cm³/mol. The highest BCUT2D eigenvalue weighted by Crippen LogP contribution is 2.18. The summed E-state index contributed by atoms with van der Waals surface area (Å²) in [6, 6.07) is 12.8. The van der Waals surface area contributed by atoms with Crippen LogP contribution in [0.4, 0.5) is 0 Å². The summed E-state index contributed by atoms with van der Waals surface area (Å²) >= 11 is 0. The van der Waals surface area contributed by atoms with Crippen molar-refractivity contribution in [2.45, 2.75) is 19.4 Å². The number of aliphatic imine (C=N–C) groups is 1. The fraction of sp³-hybridized carbons (Fsp3) is 0.333. The molecule has 1 aliphatic heterocycles. The van der Waals surface area contributed by atoms with Gasteiger partial charge >= 0.3 is 0 Å². The molecule has 5 heteroatoms. The van der Waals surface area contributed by atoms with Gasteiger partial charge in [-0.15, -0.1) is 24.0 Å². The molecule has 0 aliphatic carbocycles. The van der Waals surface area contributed by atoms with Gasteiger partial charge in [-0.3, -0.25) is 9.98 Å². The predicted octanol–water partition coefficient (Wildman–Crippen LogP) is 2.88. The first-order valence-electron chi connectivity index (χ1n) is 7.78. The van der Waals surface area contributed by atoms with E-state index in [1.807, 2.05) is 19.3 Å². The Labute approximate surface area is 155 Å². The van der Waals surface area contributed by atoms with Crippen molar-refractivity contribution >= 4 is 29.9 Å². The lowest BCUT2D eigenvalue weighted by molar-refractivity contribution is 0.379. The molecule has 1 N–H and O–H groups in total. The van der Waals surface area contributed by atoms with Gasteiger partial charge in [-0.05, 0) is 35.6 Å². The van der Waals surface area contributed by atoms with E-state index < -0.39 is 0 Å². The second-order valence-electron chi connectivity index (χ2n) is 5.53. The Morgan fingerprint density at radius 3 is 2.78 bits per heavy atom. The Balaban J connectivity index is 0.00000192. The van der Waals surface area contributed by atoms with Gasteiger partial charge in [0.1, 0.15) is 0 Å². The second-order valence-corrected chi connectivity index (χ2v) is 5.53. The SMILES string of the molecule is CN=C(NCCc1cccnc1)N1CCc2ccccc2C1.I. The zero-order valence-electron chi connectivity index (χ0n) is 13.4. The molecule has 0 unspecified atom stereocenters. The minimum absolute atomic E-state index is 0. The molecule has 2 aromatic rings. The lowest BCUT2D eigenvalue weighted by atomic mass is 10.0. The third-order valence-corrected chi connectivity index (χ3v) is 4.06. The molecule has 0 fully saturated rings. The Morgan fingerprint density at radius 1 is 1.22 bits per heavy atom. The van der Waals surface area contributed by atoms with Crippen molar-refractivity contribution in [1.82, 2.24) is 15.2 Å². The number of hydrogen-bond acceptors (Lipinski definition) is 2. The van der Waals surface area contributed by atoms with Crippen LogP contribution in [0.3, 0.4) is 0 Å². The Hall–Kier alpha value is -1.63.